The number of hydrogen-bond acceptors (Lipinski definition) is 6. The third-order valence-corrected chi connectivity index (χ3v) is 5.29. The molecule has 0 aliphatic carbocycles. The standard InChI is InChI=1S/C21H23N3O4S/c1-2-3-6-11-24-20(26)17-10-5-4-9-16(17)19(23-24)21(27)28-14-18(25)22-13-15-8-7-12-29-15/h4-5,7-10,12H,2-3,6,11,13-14H2,1H3,(H,22,25). The fourth-order valence-electron chi connectivity index (χ4n) is 2.90. The number of aryl methyl sites for hydroxylation is 1. The fourth-order valence-corrected chi connectivity index (χ4v) is 3.54. The van der Waals surface area contributed by atoms with Crippen LogP contribution in [0, 0.1) is 0 Å². The van der Waals surface area contributed by atoms with Gasteiger partial charge in [0.25, 0.3) is 11.5 Å². The molecule has 0 saturated heterocycles. The summed E-state index contributed by atoms with van der Waals surface area (Å²) in [6.07, 6.45) is 2.77. The van der Waals surface area contributed by atoms with Crippen molar-refractivity contribution in [2.24, 2.45) is 0 Å². The quantitative estimate of drug-likeness (QED) is 0.430. The van der Waals surface area contributed by atoms with E-state index in [0.717, 1.165) is 24.1 Å². The third-order valence-electron chi connectivity index (χ3n) is 4.41. The van der Waals surface area contributed by atoms with Crippen LogP contribution in [0.4, 0.5) is 0 Å². The van der Waals surface area contributed by atoms with Gasteiger partial charge >= 0.3 is 5.97 Å². The average Bonchev–Trinajstić information content (AvgIpc) is 3.26. The van der Waals surface area contributed by atoms with Crippen molar-refractivity contribution in [3.8, 4) is 0 Å². The van der Waals surface area contributed by atoms with Crippen LogP contribution < -0.4 is 10.9 Å². The smallest absolute Gasteiger partial charge is 0.359 e. The topological polar surface area (TPSA) is 90.3 Å². The van der Waals surface area contributed by atoms with Crippen molar-refractivity contribution in [2.75, 3.05) is 6.61 Å². The average molecular weight is 413 g/mol. The Labute approximate surface area is 172 Å². The Balaban J connectivity index is 1.73. The zero-order valence-electron chi connectivity index (χ0n) is 16.2. The molecule has 0 atom stereocenters. The van der Waals surface area contributed by atoms with Crippen molar-refractivity contribution >= 4 is 34.0 Å². The molecule has 0 fully saturated rings. The summed E-state index contributed by atoms with van der Waals surface area (Å²) in [5, 5.41) is 9.70. The van der Waals surface area contributed by atoms with Gasteiger partial charge in [-0.15, -0.1) is 11.3 Å². The molecule has 1 amide bonds. The summed E-state index contributed by atoms with van der Waals surface area (Å²) >= 11 is 1.53. The molecule has 1 aromatic carbocycles. The van der Waals surface area contributed by atoms with Crippen molar-refractivity contribution in [1.29, 1.82) is 0 Å². The predicted molar refractivity (Wildman–Crippen MR) is 112 cm³/mol. The Morgan fingerprint density at radius 3 is 2.66 bits per heavy atom. The first-order valence-corrected chi connectivity index (χ1v) is 10.4. The lowest BCUT2D eigenvalue weighted by Crippen LogP contribution is -2.30. The lowest BCUT2D eigenvalue weighted by Gasteiger charge is -2.11. The molecule has 1 N–H and O–H groups in total. The summed E-state index contributed by atoms with van der Waals surface area (Å²) in [6.45, 7) is 2.48. The van der Waals surface area contributed by atoms with Crippen LogP contribution >= 0.6 is 11.3 Å². The van der Waals surface area contributed by atoms with E-state index in [9.17, 15) is 14.4 Å². The Hall–Kier alpha value is -3.00. The maximum absolute atomic E-state index is 12.6. The van der Waals surface area contributed by atoms with Gasteiger partial charge in [0, 0.05) is 16.8 Å². The van der Waals surface area contributed by atoms with E-state index < -0.39 is 18.5 Å². The number of ether oxygens (including phenoxy) is 1. The van der Waals surface area contributed by atoms with Gasteiger partial charge < -0.3 is 10.1 Å². The van der Waals surface area contributed by atoms with Crippen molar-refractivity contribution in [2.45, 2.75) is 39.3 Å². The Morgan fingerprint density at radius 2 is 1.93 bits per heavy atom. The van der Waals surface area contributed by atoms with Gasteiger partial charge in [0.2, 0.25) is 0 Å². The number of benzene rings is 1. The minimum atomic E-state index is -0.725. The number of nitrogens with one attached hydrogen (secondary N) is 1. The van der Waals surface area contributed by atoms with Gasteiger partial charge in [-0.25, -0.2) is 9.48 Å². The van der Waals surface area contributed by atoms with E-state index in [4.69, 9.17) is 4.74 Å². The van der Waals surface area contributed by atoms with E-state index in [2.05, 4.69) is 17.3 Å². The van der Waals surface area contributed by atoms with E-state index >= 15 is 0 Å². The molecule has 2 heterocycles. The first kappa shape index (κ1) is 20.7. The van der Waals surface area contributed by atoms with E-state index in [1.54, 1.807) is 24.3 Å². The number of esters is 1. The van der Waals surface area contributed by atoms with E-state index in [0.29, 0.717) is 23.9 Å². The number of amides is 1. The third kappa shape index (κ3) is 5.29. The monoisotopic (exact) mass is 413 g/mol. The molecular weight excluding hydrogens is 390 g/mol. The van der Waals surface area contributed by atoms with Gasteiger partial charge in [-0.05, 0) is 23.9 Å². The molecule has 3 rings (SSSR count). The van der Waals surface area contributed by atoms with Crippen LogP contribution in [0.1, 0.15) is 41.6 Å². The number of rotatable bonds is 9. The number of thiophene rings is 1. The Morgan fingerprint density at radius 1 is 1.14 bits per heavy atom. The molecule has 0 aliphatic rings. The van der Waals surface area contributed by atoms with Crippen LogP contribution in [0.3, 0.4) is 0 Å². The second-order valence-corrected chi connectivity index (χ2v) is 7.59. The molecule has 0 aliphatic heterocycles. The van der Waals surface area contributed by atoms with Crippen LogP contribution in [0.25, 0.3) is 10.8 Å². The Bertz CT molecular complexity index is 1040. The van der Waals surface area contributed by atoms with Crippen LogP contribution in [-0.2, 0) is 22.6 Å². The molecule has 7 nitrogen and oxygen atoms in total. The highest BCUT2D eigenvalue weighted by molar-refractivity contribution is 7.09. The van der Waals surface area contributed by atoms with Gasteiger partial charge in [0.05, 0.1) is 11.9 Å². The number of carbonyl (C=O) groups is 2. The first-order valence-electron chi connectivity index (χ1n) is 9.56. The maximum Gasteiger partial charge on any atom is 0.359 e. The van der Waals surface area contributed by atoms with E-state index in [-0.39, 0.29) is 11.3 Å². The molecule has 0 bridgehead atoms. The van der Waals surface area contributed by atoms with Crippen molar-refractivity contribution in [3.63, 3.8) is 0 Å². The molecule has 29 heavy (non-hydrogen) atoms. The van der Waals surface area contributed by atoms with Crippen LogP contribution in [0.5, 0.6) is 0 Å². The molecule has 8 heteroatoms. The summed E-state index contributed by atoms with van der Waals surface area (Å²) in [5.74, 6) is -1.12. The van der Waals surface area contributed by atoms with Gasteiger partial charge in [0.15, 0.2) is 12.3 Å². The molecule has 0 radical (unpaired) electrons. The predicted octanol–water partition coefficient (Wildman–Crippen LogP) is 3.12. The van der Waals surface area contributed by atoms with E-state index in [1.165, 1.54) is 16.0 Å². The first-order chi connectivity index (χ1) is 14.1. The van der Waals surface area contributed by atoms with E-state index in [1.807, 2.05) is 17.5 Å². The normalized spacial score (nSPS) is 10.8. The fraction of sp³-hybridized carbons (Fsp3) is 0.333. The zero-order chi connectivity index (χ0) is 20.6. The van der Waals surface area contributed by atoms with Crippen LogP contribution in [0.15, 0.2) is 46.6 Å². The number of unbranched alkanes of at least 4 members (excludes halogenated alkanes) is 2. The number of fused-ring (bicyclic) bond motifs is 1. The largest absolute Gasteiger partial charge is 0.451 e. The minimum Gasteiger partial charge on any atom is -0.451 e. The lowest BCUT2D eigenvalue weighted by atomic mass is 10.1. The number of carbonyl (C=O) groups excluding carboxylic acids is 2. The second-order valence-electron chi connectivity index (χ2n) is 6.56. The summed E-state index contributed by atoms with van der Waals surface area (Å²) < 4.78 is 6.47. The molecule has 2 aromatic heterocycles. The second kappa shape index (κ2) is 9.97. The van der Waals surface area contributed by atoms with Crippen molar-refractivity contribution < 1.29 is 14.3 Å². The molecule has 0 saturated carbocycles. The van der Waals surface area contributed by atoms with Crippen LogP contribution in [0.2, 0.25) is 0 Å². The molecule has 0 spiro atoms. The maximum atomic E-state index is 12.6. The van der Waals surface area contributed by atoms with Crippen molar-refractivity contribution in [1.82, 2.24) is 15.1 Å². The summed E-state index contributed by atoms with van der Waals surface area (Å²) in [6, 6.07) is 10.6. The highest BCUT2D eigenvalue weighted by atomic mass is 32.1. The number of hydrogen-bond donors (Lipinski definition) is 1. The van der Waals surface area contributed by atoms with Gasteiger partial charge in [-0.3, -0.25) is 9.59 Å². The number of nitrogens with zero attached hydrogens (tertiary/aromatic N) is 2. The van der Waals surface area contributed by atoms with Gasteiger partial charge in [-0.2, -0.15) is 5.10 Å². The van der Waals surface area contributed by atoms with Gasteiger partial charge in [-0.1, -0.05) is 44.0 Å². The van der Waals surface area contributed by atoms with Crippen molar-refractivity contribution in [3.05, 3.63) is 62.7 Å². The summed E-state index contributed by atoms with van der Waals surface area (Å²) in [7, 11) is 0. The highest BCUT2D eigenvalue weighted by Crippen LogP contribution is 2.15. The lowest BCUT2D eigenvalue weighted by molar-refractivity contribution is -0.124. The number of aromatic nitrogens is 2. The highest BCUT2D eigenvalue weighted by Gasteiger charge is 2.19. The van der Waals surface area contributed by atoms with Crippen LogP contribution in [-0.4, -0.2) is 28.3 Å². The molecular formula is C21H23N3O4S. The SMILES string of the molecule is CCCCCn1nc(C(=O)OCC(=O)NCc2cccs2)c2ccccc2c1=O. The van der Waals surface area contributed by atoms with Gasteiger partial charge in [0.1, 0.15) is 0 Å². The molecule has 3 aromatic rings. The zero-order valence-corrected chi connectivity index (χ0v) is 17.0. The summed E-state index contributed by atoms with van der Waals surface area (Å²) in [5.41, 5.74) is -0.190. The molecule has 152 valence electrons. The molecule has 0 unspecified atom stereocenters. The summed E-state index contributed by atoms with van der Waals surface area (Å²) in [4.78, 5) is 38.2. The minimum absolute atomic E-state index is 0.0442. The Kier molecular flexibility index (Phi) is 7.13.